The van der Waals surface area contributed by atoms with Crippen molar-refractivity contribution in [2.45, 2.75) is 15.8 Å². The number of hydrogen-bond donors (Lipinski definition) is 1. The van der Waals surface area contributed by atoms with Gasteiger partial charge >= 0.3 is 0 Å². The van der Waals surface area contributed by atoms with E-state index in [1.54, 1.807) is 23.1 Å². The molecule has 0 aliphatic carbocycles. The summed E-state index contributed by atoms with van der Waals surface area (Å²) in [5.74, 6) is 0. The van der Waals surface area contributed by atoms with Crippen molar-refractivity contribution in [1.29, 1.82) is 0 Å². The largest absolute Gasteiger partial charge is 0.320 e. The Morgan fingerprint density at radius 1 is 1.00 bits per heavy atom. The van der Waals surface area contributed by atoms with Crippen LogP contribution in [0.5, 0.6) is 0 Å². The van der Waals surface area contributed by atoms with E-state index < -0.39 is 0 Å². The third-order valence-electron chi connectivity index (χ3n) is 3.20. The molecule has 1 aromatic heterocycles. The van der Waals surface area contributed by atoms with Gasteiger partial charge in [-0.05, 0) is 58.3 Å². The maximum absolute atomic E-state index is 6.41. The first-order valence-electron chi connectivity index (χ1n) is 6.54. The molecule has 0 spiro atoms. The van der Waals surface area contributed by atoms with Crippen molar-refractivity contribution in [2.24, 2.45) is 5.73 Å². The van der Waals surface area contributed by atoms with Crippen molar-refractivity contribution in [1.82, 2.24) is 0 Å². The van der Waals surface area contributed by atoms with Crippen LogP contribution in [0, 0.1) is 0 Å². The molecule has 1 nitrogen and oxygen atoms in total. The minimum Gasteiger partial charge on any atom is -0.320 e. The van der Waals surface area contributed by atoms with Crippen LogP contribution < -0.4 is 5.73 Å². The van der Waals surface area contributed by atoms with Crippen LogP contribution in [0.15, 0.2) is 75.1 Å². The zero-order chi connectivity index (χ0) is 14.7. The Bertz CT molecular complexity index is 712. The topological polar surface area (TPSA) is 26.0 Å². The van der Waals surface area contributed by atoms with Crippen LogP contribution in [0.1, 0.15) is 17.2 Å². The van der Waals surface area contributed by atoms with E-state index in [0.717, 1.165) is 21.0 Å². The van der Waals surface area contributed by atoms with Crippen LogP contribution in [0.2, 0.25) is 5.02 Å². The Morgan fingerprint density at radius 2 is 1.73 bits per heavy atom. The summed E-state index contributed by atoms with van der Waals surface area (Å²) in [7, 11) is 0. The van der Waals surface area contributed by atoms with Crippen molar-refractivity contribution in [3.8, 4) is 0 Å². The SMILES string of the molecule is Cl.N[C@@H](c1ccsc1)c1ccccc1Sc1ccc(Cl)cc1. The highest BCUT2D eigenvalue weighted by atomic mass is 35.5. The second-order valence-corrected chi connectivity index (χ2v) is 6.96. The van der Waals surface area contributed by atoms with Crippen LogP contribution in [0.3, 0.4) is 0 Å². The number of benzene rings is 2. The Hall–Kier alpha value is -0.970. The van der Waals surface area contributed by atoms with E-state index in [0.29, 0.717) is 0 Å². The number of halogens is 2. The van der Waals surface area contributed by atoms with Crippen molar-refractivity contribution in [3.63, 3.8) is 0 Å². The molecule has 3 aromatic rings. The molecular formula is C17H15Cl2NS2. The normalized spacial score (nSPS) is 11.7. The lowest BCUT2D eigenvalue weighted by Gasteiger charge is -2.15. The fraction of sp³-hybridized carbons (Fsp3) is 0.0588. The fourth-order valence-electron chi connectivity index (χ4n) is 2.09. The summed E-state index contributed by atoms with van der Waals surface area (Å²) in [6.45, 7) is 0. The predicted octanol–water partition coefficient (Wildman–Crippen LogP) is 6.02. The van der Waals surface area contributed by atoms with Crippen molar-refractivity contribution >= 4 is 47.1 Å². The second kappa shape index (κ2) is 8.04. The van der Waals surface area contributed by atoms with Gasteiger partial charge in [-0.15, -0.1) is 12.4 Å². The zero-order valence-corrected chi connectivity index (χ0v) is 14.8. The molecule has 0 bridgehead atoms. The first kappa shape index (κ1) is 17.4. The molecule has 2 N–H and O–H groups in total. The van der Waals surface area contributed by atoms with Gasteiger partial charge < -0.3 is 5.73 Å². The Kier molecular flexibility index (Phi) is 6.36. The summed E-state index contributed by atoms with van der Waals surface area (Å²) >= 11 is 9.32. The highest BCUT2D eigenvalue weighted by Crippen LogP contribution is 2.35. The highest BCUT2D eigenvalue weighted by Gasteiger charge is 2.14. The van der Waals surface area contributed by atoms with Gasteiger partial charge in [-0.25, -0.2) is 0 Å². The molecule has 0 amide bonds. The predicted molar refractivity (Wildman–Crippen MR) is 99.6 cm³/mol. The van der Waals surface area contributed by atoms with Crippen LogP contribution in [0.4, 0.5) is 0 Å². The molecule has 0 unspecified atom stereocenters. The lowest BCUT2D eigenvalue weighted by Crippen LogP contribution is -2.11. The van der Waals surface area contributed by atoms with E-state index in [9.17, 15) is 0 Å². The number of rotatable bonds is 4. The van der Waals surface area contributed by atoms with E-state index in [2.05, 4.69) is 29.0 Å². The lowest BCUT2D eigenvalue weighted by atomic mass is 10.0. The van der Waals surface area contributed by atoms with E-state index in [-0.39, 0.29) is 18.4 Å². The quantitative estimate of drug-likeness (QED) is 0.609. The first-order chi connectivity index (χ1) is 10.2. The van der Waals surface area contributed by atoms with Gasteiger partial charge in [0.1, 0.15) is 0 Å². The van der Waals surface area contributed by atoms with E-state index in [1.807, 2.05) is 36.4 Å². The van der Waals surface area contributed by atoms with Gasteiger partial charge in [-0.3, -0.25) is 0 Å². The third kappa shape index (κ3) is 4.06. The van der Waals surface area contributed by atoms with Gasteiger partial charge in [0, 0.05) is 14.8 Å². The van der Waals surface area contributed by atoms with Crippen LogP contribution in [-0.2, 0) is 0 Å². The molecule has 0 saturated heterocycles. The maximum atomic E-state index is 6.41. The third-order valence-corrected chi connectivity index (χ3v) is 5.25. The average molecular weight is 368 g/mol. The molecular weight excluding hydrogens is 353 g/mol. The Balaban J connectivity index is 0.00000176. The number of hydrogen-bond acceptors (Lipinski definition) is 3. The second-order valence-electron chi connectivity index (χ2n) is 4.63. The van der Waals surface area contributed by atoms with Crippen LogP contribution >= 0.6 is 47.1 Å². The molecule has 5 heteroatoms. The van der Waals surface area contributed by atoms with Crippen LogP contribution in [0.25, 0.3) is 0 Å². The fourth-order valence-corrected chi connectivity index (χ4v) is 3.90. The minimum atomic E-state index is -0.0905. The summed E-state index contributed by atoms with van der Waals surface area (Å²) < 4.78 is 0. The number of thiophene rings is 1. The summed E-state index contributed by atoms with van der Waals surface area (Å²) in [6.07, 6.45) is 0. The summed E-state index contributed by atoms with van der Waals surface area (Å²) in [5, 5.41) is 4.92. The van der Waals surface area contributed by atoms with Gasteiger partial charge in [0.05, 0.1) is 6.04 Å². The first-order valence-corrected chi connectivity index (χ1v) is 8.68. The highest BCUT2D eigenvalue weighted by molar-refractivity contribution is 7.99. The molecule has 114 valence electrons. The lowest BCUT2D eigenvalue weighted by molar-refractivity contribution is 0.852. The van der Waals surface area contributed by atoms with Gasteiger partial charge in [-0.1, -0.05) is 41.6 Å². The van der Waals surface area contributed by atoms with Crippen molar-refractivity contribution in [2.75, 3.05) is 0 Å². The summed E-state index contributed by atoms with van der Waals surface area (Å²) in [5.41, 5.74) is 8.72. The molecule has 2 aromatic carbocycles. The molecule has 1 atom stereocenters. The standard InChI is InChI=1S/C17H14ClNS2.ClH/c18-13-5-7-14(8-6-13)21-16-4-2-1-3-15(16)17(19)12-9-10-20-11-12;/h1-11,17H,19H2;1H/t17-;/m0./s1. The smallest absolute Gasteiger partial charge is 0.0571 e. The molecule has 22 heavy (non-hydrogen) atoms. The monoisotopic (exact) mass is 367 g/mol. The van der Waals surface area contributed by atoms with Crippen molar-refractivity contribution in [3.05, 3.63) is 81.5 Å². The molecule has 3 rings (SSSR count). The molecule has 0 aliphatic rings. The Labute approximate surface area is 149 Å². The zero-order valence-electron chi connectivity index (χ0n) is 11.6. The average Bonchev–Trinajstić information content (AvgIpc) is 3.04. The van der Waals surface area contributed by atoms with Crippen LogP contribution in [-0.4, -0.2) is 0 Å². The van der Waals surface area contributed by atoms with Crippen molar-refractivity contribution < 1.29 is 0 Å². The molecule has 0 saturated carbocycles. The molecule has 0 radical (unpaired) electrons. The van der Waals surface area contributed by atoms with Gasteiger partial charge in [0.2, 0.25) is 0 Å². The maximum Gasteiger partial charge on any atom is 0.0571 e. The van der Waals surface area contributed by atoms with E-state index in [4.69, 9.17) is 17.3 Å². The molecule has 0 fully saturated rings. The Morgan fingerprint density at radius 3 is 2.41 bits per heavy atom. The molecule has 1 heterocycles. The van der Waals surface area contributed by atoms with Gasteiger partial charge in [-0.2, -0.15) is 11.3 Å². The van der Waals surface area contributed by atoms with E-state index >= 15 is 0 Å². The van der Waals surface area contributed by atoms with Gasteiger partial charge in [0.25, 0.3) is 0 Å². The number of nitrogens with two attached hydrogens (primary N) is 1. The van der Waals surface area contributed by atoms with Gasteiger partial charge in [0.15, 0.2) is 0 Å². The molecule has 0 aliphatic heterocycles. The summed E-state index contributed by atoms with van der Waals surface area (Å²) in [6, 6.07) is 18.2. The van der Waals surface area contributed by atoms with E-state index in [1.165, 1.54) is 4.90 Å². The summed E-state index contributed by atoms with van der Waals surface area (Å²) in [4.78, 5) is 2.34. The minimum absolute atomic E-state index is 0.